The lowest BCUT2D eigenvalue weighted by molar-refractivity contribution is 0.353. The van der Waals surface area contributed by atoms with Gasteiger partial charge in [0.15, 0.2) is 0 Å². The van der Waals surface area contributed by atoms with Gasteiger partial charge in [-0.15, -0.1) is 11.8 Å². The van der Waals surface area contributed by atoms with Gasteiger partial charge in [-0.2, -0.15) is 0 Å². The van der Waals surface area contributed by atoms with Gasteiger partial charge in [-0.25, -0.2) is 0 Å². The van der Waals surface area contributed by atoms with Crippen LogP contribution in [0.3, 0.4) is 0 Å². The molecular formula is C2H6O2S. The van der Waals surface area contributed by atoms with Gasteiger partial charge in [0.05, 0.1) is 11.9 Å². The fourth-order valence-electron chi connectivity index (χ4n) is 0.0408. The molecule has 0 radical (unpaired) electrons. The van der Waals surface area contributed by atoms with Crippen molar-refractivity contribution in [3.8, 4) is 0 Å². The number of rotatable bonds is 2. The van der Waals surface area contributed by atoms with Gasteiger partial charge in [0.2, 0.25) is 0 Å². The van der Waals surface area contributed by atoms with Crippen molar-refractivity contribution in [3.05, 3.63) is 0 Å². The van der Waals surface area contributed by atoms with Crippen molar-refractivity contribution >= 4 is 11.8 Å². The molecule has 0 spiro atoms. The topological polar surface area (TPSA) is 40.5 Å². The summed E-state index contributed by atoms with van der Waals surface area (Å²) in [6.07, 6.45) is 0. The summed E-state index contributed by atoms with van der Waals surface area (Å²) in [7, 11) is 0. The summed E-state index contributed by atoms with van der Waals surface area (Å²) in [6.45, 7) is 0. The molecule has 32 valence electrons. The third-order valence-electron chi connectivity index (χ3n) is 0.183. The Morgan fingerprint density at radius 1 is 1.20 bits per heavy atom. The van der Waals surface area contributed by atoms with E-state index in [-0.39, 0.29) is 11.9 Å². The van der Waals surface area contributed by atoms with Crippen LogP contribution in [-0.2, 0) is 0 Å². The number of aliphatic hydroxyl groups is 2. The van der Waals surface area contributed by atoms with Crippen molar-refractivity contribution in [3.63, 3.8) is 0 Å². The molecule has 5 heavy (non-hydrogen) atoms. The first-order chi connectivity index (χ1) is 2.41. The molecule has 0 aromatic heterocycles. The van der Waals surface area contributed by atoms with Crippen LogP contribution in [0.4, 0.5) is 0 Å². The quantitative estimate of drug-likeness (QED) is 0.458. The number of thioether (sulfide) groups is 1. The lowest BCUT2D eigenvalue weighted by atomic mass is 11.7. The molecular weight excluding hydrogens is 88.1 g/mol. The predicted octanol–water partition coefficient (Wildman–Crippen LogP) is -0.381. The minimum Gasteiger partial charge on any atom is -0.386 e. The van der Waals surface area contributed by atoms with E-state index in [1.807, 2.05) is 0 Å². The maximum absolute atomic E-state index is 7.87. The Kier molecular flexibility index (Phi) is 4.50. The average molecular weight is 94.1 g/mol. The highest BCUT2D eigenvalue weighted by Crippen LogP contribution is 1.88. The highest BCUT2D eigenvalue weighted by Gasteiger charge is 1.69. The van der Waals surface area contributed by atoms with E-state index in [0.717, 1.165) is 11.8 Å². The molecule has 0 aliphatic carbocycles. The van der Waals surface area contributed by atoms with E-state index >= 15 is 0 Å². The van der Waals surface area contributed by atoms with E-state index in [2.05, 4.69) is 0 Å². The summed E-state index contributed by atoms with van der Waals surface area (Å²) < 4.78 is 0. The minimum absolute atomic E-state index is 0.0104. The van der Waals surface area contributed by atoms with Crippen LogP contribution in [-0.4, -0.2) is 22.1 Å². The Morgan fingerprint density at radius 2 is 1.60 bits per heavy atom. The van der Waals surface area contributed by atoms with Gasteiger partial charge in [-0.3, -0.25) is 0 Å². The first-order valence-electron chi connectivity index (χ1n) is 1.21. The van der Waals surface area contributed by atoms with Crippen LogP contribution in [0.5, 0.6) is 0 Å². The molecule has 0 aliphatic rings. The van der Waals surface area contributed by atoms with Crippen LogP contribution in [0.1, 0.15) is 0 Å². The number of hydrogen-bond donors (Lipinski definition) is 2. The Bertz CT molecular complexity index is 15.1. The van der Waals surface area contributed by atoms with Crippen molar-refractivity contribution < 1.29 is 10.2 Å². The van der Waals surface area contributed by atoms with E-state index in [1.165, 1.54) is 0 Å². The van der Waals surface area contributed by atoms with Gasteiger partial charge < -0.3 is 10.2 Å². The SMILES string of the molecule is OCSCO. The molecule has 2 nitrogen and oxygen atoms in total. The molecule has 0 heterocycles. The summed E-state index contributed by atoms with van der Waals surface area (Å²) in [5.41, 5.74) is 0. The molecule has 0 amide bonds. The summed E-state index contributed by atoms with van der Waals surface area (Å²) >= 11 is 1.07. The number of hydrogen-bond acceptors (Lipinski definition) is 3. The summed E-state index contributed by atoms with van der Waals surface area (Å²) in [6, 6.07) is 0. The normalized spacial score (nSPS) is 8.40. The van der Waals surface area contributed by atoms with Crippen LogP contribution >= 0.6 is 11.8 Å². The summed E-state index contributed by atoms with van der Waals surface area (Å²) in [4.78, 5) is 0. The van der Waals surface area contributed by atoms with Crippen LogP contribution in [0.25, 0.3) is 0 Å². The van der Waals surface area contributed by atoms with Gasteiger partial charge in [0.1, 0.15) is 0 Å². The van der Waals surface area contributed by atoms with E-state index in [1.54, 1.807) is 0 Å². The molecule has 0 aliphatic heterocycles. The van der Waals surface area contributed by atoms with Gasteiger partial charge in [0, 0.05) is 0 Å². The maximum Gasteiger partial charge on any atom is 0.0908 e. The molecule has 0 fully saturated rings. The Labute approximate surface area is 34.8 Å². The van der Waals surface area contributed by atoms with Crippen molar-refractivity contribution in [2.75, 3.05) is 11.9 Å². The fraction of sp³-hybridized carbons (Fsp3) is 1.00. The van der Waals surface area contributed by atoms with Crippen molar-refractivity contribution in [2.24, 2.45) is 0 Å². The Hall–Kier alpha value is 0.270. The second-order valence-corrected chi connectivity index (χ2v) is 1.39. The van der Waals surface area contributed by atoms with Crippen LogP contribution in [0, 0.1) is 0 Å². The molecule has 0 rings (SSSR count). The second-order valence-electron chi connectivity index (χ2n) is 0.462. The van der Waals surface area contributed by atoms with Gasteiger partial charge >= 0.3 is 0 Å². The molecule has 0 aromatic carbocycles. The molecule has 0 saturated carbocycles. The fourth-order valence-corrected chi connectivity index (χ4v) is 0.122. The lowest BCUT2D eigenvalue weighted by Crippen LogP contribution is -1.73. The molecule has 2 N–H and O–H groups in total. The van der Waals surface area contributed by atoms with Gasteiger partial charge in [0.25, 0.3) is 0 Å². The van der Waals surface area contributed by atoms with Crippen LogP contribution in [0.15, 0.2) is 0 Å². The molecule has 0 unspecified atom stereocenters. The standard InChI is InChI=1S/C2H6O2S/c3-1-5-2-4/h3-4H,1-2H2. The Balaban J connectivity index is 2.19. The van der Waals surface area contributed by atoms with Crippen molar-refractivity contribution in [1.29, 1.82) is 0 Å². The first kappa shape index (κ1) is 5.27. The van der Waals surface area contributed by atoms with E-state index in [0.29, 0.717) is 0 Å². The maximum atomic E-state index is 7.87. The zero-order valence-electron chi connectivity index (χ0n) is 2.72. The largest absolute Gasteiger partial charge is 0.386 e. The Morgan fingerprint density at radius 3 is 1.60 bits per heavy atom. The molecule has 3 heteroatoms. The third-order valence-corrected chi connectivity index (χ3v) is 0.548. The van der Waals surface area contributed by atoms with Crippen LogP contribution < -0.4 is 0 Å². The van der Waals surface area contributed by atoms with E-state index in [4.69, 9.17) is 10.2 Å². The van der Waals surface area contributed by atoms with E-state index in [9.17, 15) is 0 Å². The van der Waals surface area contributed by atoms with Crippen molar-refractivity contribution in [1.82, 2.24) is 0 Å². The molecule has 0 atom stereocenters. The summed E-state index contributed by atoms with van der Waals surface area (Å²) in [5.74, 6) is 0.0208. The highest BCUT2D eigenvalue weighted by atomic mass is 32.2. The minimum atomic E-state index is 0.0104. The lowest BCUT2D eigenvalue weighted by Gasteiger charge is -1.80. The number of aliphatic hydroxyl groups excluding tert-OH is 2. The van der Waals surface area contributed by atoms with Gasteiger partial charge in [-0.1, -0.05) is 0 Å². The smallest absolute Gasteiger partial charge is 0.0908 e. The predicted molar refractivity (Wildman–Crippen MR) is 21.8 cm³/mol. The average Bonchev–Trinajstić information content (AvgIpc) is 1.41. The van der Waals surface area contributed by atoms with Crippen molar-refractivity contribution in [2.45, 2.75) is 0 Å². The van der Waals surface area contributed by atoms with Gasteiger partial charge in [-0.05, 0) is 0 Å². The second kappa shape index (κ2) is 4.27. The molecule has 0 aromatic rings. The third kappa shape index (κ3) is 4.27. The van der Waals surface area contributed by atoms with Crippen LogP contribution in [0.2, 0.25) is 0 Å². The molecule has 0 saturated heterocycles. The zero-order valence-corrected chi connectivity index (χ0v) is 3.53. The monoisotopic (exact) mass is 94.0 g/mol. The highest BCUT2D eigenvalue weighted by molar-refractivity contribution is 7.98. The first-order valence-corrected chi connectivity index (χ1v) is 2.36. The summed E-state index contributed by atoms with van der Waals surface area (Å²) in [5, 5.41) is 15.7. The zero-order chi connectivity index (χ0) is 4.12. The molecule has 0 bridgehead atoms. The van der Waals surface area contributed by atoms with E-state index < -0.39 is 0 Å².